The molecule has 0 saturated heterocycles. The van der Waals surface area contributed by atoms with Crippen molar-refractivity contribution in [1.82, 2.24) is 0 Å². The molecule has 0 aliphatic heterocycles. The third-order valence-electron chi connectivity index (χ3n) is 1.21. The average Bonchev–Trinajstić information content (AvgIpc) is 1.81. The van der Waals surface area contributed by atoms with Gasteiger partial charge in [-0.05, 0) is 0 Å². The van der Waals surface area contributed by atoms with Gasteiger partial charge in [0, 0.05) is 0 Å². The minimum absolute atomic E-state index is 0.171. The Kier molecular flexibility index (Phi) is 8.58. The van der Waals surface area contributed by atoms with Gasteiger partial charge >= 0.3 is 63.1 Å². The zero-order chi connectivity index (χ0) is 6.24. The first kappa shape index (κ1) is 8.80. The molecule has 1 heteroatoms. The van der Waals surface area contributed by atoms with E-state index in [1.54, 1.807) is 4.44 Å². The monoisotopic (exact) mass is 220 g/mol. The molecular weight excluding hydrogens is 203 g/mol. The summed E-state index contributed by atoms with van der Waals surface area (Å²) < 4.78 is 3.15. The van der Waals surface area contributed by atoms with E-state index >= 15 is 0 Å². The fourth-order valence-electron chi connectivity index (χ4n) is 0.677. The second kappa shape index (κ2) is 7.80. The molecule has 0 nitrogen and oxygen atoms in total. The SMILES string of the molecule is CCCC[CH2][Sn][CH2]C. The molecule has 0 aromatic carbocycles. The van der Waals surface area contributed by atoms with Crippen LogP contribution in [0.2, 0.25) is 8.87 Å². The van der Waals surface area contributed by atoms with Gasteiger partial charge in [-0.1, -0.05) is 0 Å². The molecule has 0 spiro atoms. The molecule has 0 aromatic rings. The van der Waals surface area contributed by atoms with Crippen molar-refractivity contribution in [2.75, 3.05) is 0 Å². The number of hydrogen-bond acceptors (Lipinski definition) is 0. The summed E-state index contributed by atoms with van der Waals surface area (Å²) in [5, 5.41) is 0. The molecule has 0 fully saturated rings. The first-order valence-electron chi connectivity index (χ1n) is 3.62. The summed E-state index contributed by atoms with van der Waals surface area (Å²) in [7, 11) is 0. The van der Waals surface area contributed by atoms with E-state index in [2.05, 4.69) is 13.8 Å². The minimum atomic E-state index is 0.171. The Morgan fingerprint density at radius 3 is 2.38 bits per heavy atom. The van der Waals surface area contributed by atoms with Gasteiger partial charge in [-0.25, -0.2) is 0 Å². The average molecular weight is 219 g/mol. The summed E-state index contributed by atoms with van der Waals surface area (Å²) >= 11 is 0.171. The van der Waals surface area contributed by atoms with E-state index in [9.17, 15) is 0 Å². The summed E-state index contributed by atoms with van der Waals surface area (Å²) in [5.74, 6) is 0. The topological polar surface area (TPSA) is 0 Å². The van der Waals surface area contributed by atoms with Crippen LogP contribution in [0.5, 0.6) is 0 Å². The van der Waals surface area contributed by atoms with E-state index < -0.39 is 0 Å². The molecule has 2 radical (unpaired) electrons. The zero-order valence-electron chi connectivity index (χ0n) is 6.04. The zero-order valence-corrected chi connectivity index (χ0v) is 8.89. The standard InChI is InChI=1S/C5H11.C2H5.Sn/c1-3-5-4-2;1-2;/h1,3-5H2,2H3;1H2,2H3;. The third-order valence-corrected chi connectivity index (χ3v) is 4.65. The van der Waals surface area contributed by atoms with Crippen molar-refractivity contribution >= 4 is 21.1 Å². The van der Waals surface area contributed by atoms with Gasteiger partial charge in [0.05, 0.1) is 0 Å². The van der Waals surface area contributed by atoms with Gasteiger partial charge in [-0.2, -0.15) is 0 Å². The van der Waals surface area contributed by atoms with E-state index in [0.717, 1.165) is 0 Å². The van der Waals surface area contributed by atoms with E-state index in [-0.39, 0.29) is 21.1 Å². The second-order valence-corrected chi connectivity index (χ2v) is 6.93. The van der Waals surface area contributed by atoms with Crippen LogP contribution in [-0.4, -0.2) is 21.1 Å². The summed E-state index contributed by atoms with van der Waals surface area (Å²) in [6.45, 7) is 4.61. The van der Waals surface area contributed by atoms with Gasteiger partial charge in [0.1, 0.15) is 0 Å². The van der Waals surface area contributed by atoms with Crippen LogP contribution in [-0.2, 0) is 0 Å². The van der Waals surface area contributed by atoms with E-state index in [1.807, 2.05) is 0 Å². The molecule has 0 bridgehead atoms. The Morgan fingerprint density at radius 2 is 1.88 bits per heavy atom. The Balaban J connectivity index is 2.53. The maximum absolute atomic E-state index is 2.33. The second-order valence-electron chi connectivity index (χ2n) is 2.06. The fourth-order valence-corrected chi connectivity index (χ4v) is 3.11. The molecule has 0 aliphatic rings. The van der Waals surface area contributed by atoms with Gasteiger partial charge in [0.2, 0.25) is 0 Å². The summed E-state index contributed by atoms with van der Waals surface area (Å²) in [6, 6.07) is 0. The molecular formula is C7H16Sn. The van der Waals surface area contributed by atoms with E-state index in [0.29, 0.717) is 0 Å². The fraction of sp³-hybridized carbons (Fsp3) is 1.00. The predicted octanol–water partition coefficient (Wildman–Crippen LogP) is 2.74. The number of unbranched alkanes of at least 4 members (excludes halogenated alkanes) is 2. The van der Waals surface area contributed by atoms with E-state index in [4.69, 9.17) is 0 Å². The van der Waals surface area contributed by atoms with Crippen molar-refractivity contribution in [3.63, 3.8) is 0 Å². The van der Waals surface area contributed by atoms with Gasteiger partial charge < -0.3 is 0 Å². The molecule has 0 saturated carbocycles. The van der Waals surface area contributed by atoms with Crippen molar-refractivity contribution in [2.24, 2.45) is 0 Å². The van der Waals surface area contributed by atoms with Crippen LogP contribution in [0.4, 0.5) is 0 Å². The molecule has 0 aliphatic carbocycles. The van der Waals surface area contributed by atoms with Crippen molar-refractivity contribution in [1.29, 1.82) is 0 Å². The summed E-state index contributed by atoms with van der Waals surface area (Å²) in [5.41, 5.74) is 0. The van der Waals surface area contributed by atoms with Crippen LogP contribution < -0.4 is 0 Å². The van der Waals surface area contributed by atoms with Gasteiger partial charge in [-0.15, -0.1) is 0 Å². The van der Waals surface area contributed by atoms with Crippen LogP contribution in [0.3, 0.4) is 0 Å². The van der Waals surface area contributed by atoms with Crippen LogP contribution in [0.1, 0.15) is 33.1 Å². The van der Waals surface area contributed by atoms with Crippen LogP contribution in [0.15, 0.2) is 0 Å². The molecule has 0 amide bonds. The Hall–Kier alpha value is 0.799. The van der Waals surface area contributed by atoms with Gasteiger partial charge in [0.25, 0.3) is 0 Å². The Morgan fingerprint density at radius 1 is 1.12 bits per heavy atom. The van der Waals surface area contributed by atoms with Crippen molar-refractivity contribution in [2.45, 2.75) is 42.0 Å². The Bertz CT molecular complexity index is 29.4. The van der Waals surface area contributed by atoms with Crippen LogP contribution in [0, 0.1) is 0 Å². The molecule has 0 unspecified atom stereocenters. The van der Waals surface area contributed by atoms with Gasteiger partial charge in [-0.3, -0.25) is 0 Å². The molecule has 0 N–H and O–H groups in total. The molecule has 8 heavy (non-hydrogen) atoms. The Labute approximate surface area is 63.3 Å². The van der Waals surface area contributed by atoms with Crippen molar-refractivity contribution < 1.29 is 0 Å². The molecule has 0 rings (SSSR count). The molecule has 0 atom stereocenters. The van der Waals surface area contributed by atoms with E-state index in [1.165, 1.54) is 23.7 Å². The molecule has 0 heterocycles. The van der Waals surface area contributed by atoms with Crippen molar-refractivity contribution in [3.05, 3.63) is 0 Å². The normalized spacial score (nSPS) is 9.75. The third kappa shape index (κ3) is 6.80. The first-order valence-corrected chi connectivity index (χ1v) is 7.66. The molecule has 0 aromatic heterocycles. The predicted molar refractivity (Wildman–Crippen MR) is 40.6 cm³/mol. The first-order chi connectivity index (χ1) is 3.91. The van der Waals surface area contributed by atoms with Gasteiger partial charge in [0.15, 0.2) is 0 Å². The maximum atomic E-state index is 2.33. The quantitative estimate of drug-likeness (QED) is 0.492. The van der Waals surface area contributed by atoms with Crippen LogP contribution in [0.25, 0.3) is 0 Å². The number of hydrogen-bond donors (Lipinski definition) is 0. The molecule has 48 valence electrons. The summed E-state index contributed by atoms with van der Waals surface area (Å²) in [6.07, 6.45) is 4.39. The van der Waals surface area contributed by atoms with Crippen LogP contribution >= 0.6 is 0 Å². The van der Waals surface area contributed by atoms with Crippen molar-refractivity contribution in [3.8, 4) is 0 Å². The number of rotatable bonds is 5. The summed E-state index contributed by atoms with van der Waals surface area (Å²) in [4.78, 5) is 0.